The van der Waals surface area contributed by atoms with E-state index in [-0.39, 0.29) is 5.97 Å². The largest absolute Gasteiger partial charge is 0.465 e. The Morgan fingerprint density at radius 2 is 2.35 bits per heavy atom. The maximum Gasteiger partial charge on any atom is 0.337 e. The number of esters is 1. The van der Waals surface area contributed by atoms with Crippen LogP contribution >= 0.6 is 0 Å². The highest BCUT2D eigenvalue weighted by molar-refractivity contribution is 5.89. The van der Waals surface area contributed by atoms with Crippen LogP contribution in [0.25, 0.3) is 0 Å². The van der Waals surface area contributed by atoms with Crippen LogP contribution in [0, 0.1) is 0 Å². The van der Waals surface area contributed by atoms with Crippen molar-refractivity contribution in [3.05, 3.63) is 41.2 Å². The van der Waals surface area contributed by atoms with E-state index in [1.165, 1.54) is 7.11 Å². The molecule has 2 heterocycles. The van der Waals surface area contributed by atoms with Gasteiger partial charge in [0.25, 0.3) is 0 Å². The molecule has 20 heavy (non-hydrogen) atoms. The number of rotatable bonds is 2. The molecular weight excluding hydrogens is 256 g/mol. The highest BCUT2D eigenvalue weighted by atomic mass is 16.5. The van der Waals surface area contributed by atoms with E-state index in [4.69, 9.17) is 10.5 Å². The van der Waals surface area contributed by atoms with Crippen molar-refractivity contribution in [2.75, 3.05) is 12.8 Å². The summed E-state index contributed by atoms with van der Waals surface area (Å²) in [5.41, 5.74) is 7.33. The van der Waals surface area contributed by atoms with Crippen LogP contribution < -0.4 is 5.73 Å². The maximum absolute atomic E-state index is 11.6. The Morgan fingerprint density at radius 3 is 3.15 bits per heavy atom. The number of nitrogens with zero attached hydrogens (tertiary/aromatic N) is 3. The van der Waals surface area contributed by atoms with Gasteiger partial charge in [-0.1, -0.05) is 12.1 Å². The van der Waals surface area contributed by atoms with Gasteiger partial charge in [-0.25, -0.2) is 9.48 Å². The van der Waals surface area contributed by atoms with E-state index in [2.05, 4.69) is 10.1 Å². The molecule has 0 amide bonds. The molecule has 1 aromatic heterocycles. The summed E-state index contributed by atoms with van der Waals surface area (Å²) in [6.07, 6.45) is 1.75. The minimum atomic E-state index is -0.310. The van der Waals surface area contributed by atoms with E-state index in [1.54, 1.807) is 6.07 Å². The Labute approximate surface area is 116 Å². The number of hydrogen-bond acceptors (Lipinski definition) is 5. The van der Waals surface area contributed by atoms with Gasteiger partial charge in [0, 0.05) is 13.0 Å². The third-order valence-corrected chi connectivity index (χ3v) is 3.66. The van der Waals surface area contributed by atoms with E-state index >= 15 is 0 Å². The number of nitrogens with two attached hydrogens (primary N) is 1. The first-order chi connectivity index (χ1) is 9.67. The lowest BCUT2D eigenvalue weighted by atomic mass is 9.89. The third-order valence-electron chi connectivity index (χ3n) is 3.66. The number of benzene rings is 1. The number of methoxy groups -OCH3 is 1. The summed E-state index contributed by atoms with van der Waals surface area (Å²) in [4.78, 5) is 15.8. The number of fused-ring (bicyclic) bond motifs is 1. The number of ether oxygens (including phenoxy) is 1. The van der Waals surface area contributed by atoms with Gasteiger partial charge < -0.3 is 10.5 Å². The van der Waals surface area contributed by atoms with Crippen LogP contribution in [0.1, 0.15) is 34.1 Å². The number of hydrogen-bond donors (Lipinski definition) is 1. The van der Waals surface area contributed by atoms with Crippen LogP contribution in [0.15, 0.2) is 24.3 Å². The molecule has 1 unspecified atom stereocenters. The molecule has 1 aliphatic rings. The van der Waals surface area contributed by atoms with Crippen LogP contribution in [0.4, 0.5) is 5.95 Å². The molecule has 0 radical (unpaired) electrons. The van der Waals surface area contributed by atoms with Crippen LogP contribution in [-0.2, 0) is 17.7 Å². The molecule has 6 heteroatoms. The molecule has 1 atom stereocenters. The quantitative estimate of drug-likeness (QED) is 0.835. The Morgan fingerprint density at radius 1 is 1.50 bits per heavy atom. The maximum atomic E-state index is 11.6. The minimum Gasteiger partial charge on any atom is -0.465 e. The fourth-order valence-corrected chi connectivity index (χ4v) is 2.65. The third kappa shape index (κ3) is 2.24. The molecule has 0 spiro atoms. The number of aryl methyl sites for hydroxylation is 1. The predicted octanol–water partition coefficient (Wildman–Crippen LogP) is 1.38. The van der Waals surface area contributed by atoms with Crippen molar-refractivity contribution >= 4 is 11.9 Å². The Bertz CT molecular complexity index is 650. The average Bonchev–Trinajstić information content (AvgIpc) is 2.85. The van der Waals surface area contributed by atoms with Gasteiger partial charge in [-0.15, -0.1) is 5.10 Å². The van der Waals surface area contributed by atoms with E-state index in [0.717, 1.165) is 30.8 Å². The molecule has 0 aliphatic carbocycles. The van der Waals surface area contributed by atoms with Gasteiger partial charge in [-0.2, -0.15) is 4.98 Å². The summed E-state index contributed by atoms with van der Waals surface area (Å²) in [6, 6.07) is 7.58. The lowest BCUT2D eigenvalue weighted by molar-refractivity contribution is 0.0600. The zero-order valence-corrected chi connectivity index (χ0v) is 11.2. The second kappa shape index (κ2) is 4.96. The molecule has 6 nitrogen and oxygen atoms in total. The molecule has 104 valence electrons. The summed E-state index contributed by atoms with van der Waals surface area (Å²) in [5.74, 6) is 1.25. The first kappa shape index (κ1) is 12.7. The summed E-state index contributed by atoms with van der Waals surface area (Å²) < 4.78 is 6.61. The van der Waals surface area contributed by atoms with Crippen LogP contribution in [0.2, 0.25) is 0 Å². The summed E-state index contributed by atoms with van der Waals surface area (Å²) >= 11 is 0. The molecule has 0 saturated heterocycles. The van der Waals surface area contributed by atoms with Gasteiger partial charge in [0.15, 0.2) is 0 Å². The number of aromatic nitrogens is 3. The predicted molar refractivity (Wildman–Crippen MR) is 73.3 cm³/mol. The molecule has 2 N–H and O–H groups in total. The highest BCUT2D eigenvalue weighted by Crippen LogP contribution is 2.29. The van der Waals surface area contributed by atoms with Crippen molar-refractivity contribution in [1.29, 1.82) is 0 Å². The molecule has 2 aromatic rings. The van der Waals surface area contributed by atoms with Crippen molar-refractivity contribution in [1.82, 2.24) is 14.8 Å². The molecule has 3 rings (SSSR count). The van der Waals surface area contributed by atoms with Crippen molar-refractivity contribution in [2.45, 2.75) is 25.3 Å². The number of carbonyl (C=O) groups is 1. The lowest BCUT2D eigenvalue weighted by Gasteiger charge is -2.22. The van der Waals surface area contributed by atoms with Crippen LogP contribution in [-0.4, -0.2) is 27.8 Å². The van der Waals surface area contributed by atoms with Gasteiger partial charge in [-0.05, 0) is 30.0 Å². The second-order valence-corrected chi connectivity index (χ2v) is 4.92. The molecular formula is C14H16N4O2. The highest BCUT2D eigenvalue weighted by Gasteiger charge is 2.23. The zero-order chi connectivity index (χ0) is 14.1. The van der Waals surface area contributed by atoms with Crippen molar-refractivity contribution in [3.8, 4) is 0 Å². The van der Waals surface area contributed by atoms with Gasteiger partial charge >= 0.3 is 5.97 Å². The standard InChI is InChI=1S/C14H16N4O2/c1-20-13(19)11-4-2-3-9(7-11)10-5-6-18-12(8-10)16-14(15)17-18/h2-4,7,10H,5-6,8H2,1H3,(H2,15,17). The molecule has 1 aliphatic heterocycles. The van der Waals surface area contributed by atoms with Crippen molar-refractivity contribution in [2.24, 2.45) is 0 Å². The Kier molecular flexibility index (Phi) is 3.14. The van der Waals surface area contributed by atoms with Crippen LogP contribution in [0.5, 0.6) is 0 Å². The second-order valence-electron chi connectivity index (χ2n) is 4.92. The molecule has 0 saturated carbocycles. The van der Waals surface area contributed by atoms with E-state index in [0.29, 0.717) is 17.4 Å². The molecule has 1 aromatic carbocycles. The SMILES string of the molecule is COC(=O)c1cccc(C2CCn3nc(N)nc3C2)c1. The van der Waals surface area contributed by atoms with E-state index in [9.17, 15) is 4.79 Å². The van der Waals surface area contributed by atoms with E-state index < -0.39 is 0 Å². The number of nitrogen functional groups attached to an aromatic ring is 1. The van der Waals surface area contributed by atoms with Gasteiger partial charge in [0.05, 0.1) is 12.7 Å². The Hall–Kier alpha value is -2.37. The zero-order valence-electron chi connectivity index (χ0n) is 11.2. The first-order valence-corrected chi connectivity index (χ1v) is 6.55. The smallest absolute Gasteiger partial charge is 0.337 e. The molecule has 0 bridgehead atoms. The monoisotopic (exact) mass is 272 g/mol. The Balaban J connectivity index is 1.86. The number of anilines is 1. The topological polar surface area (TPSA) is 83.0 Å². The fraction of sp³-hybridized carbons (Fsp3) is 0.357. The molecule has 0 fully saturated rings. The average molecular weight is 272 g/mol. The summed E-state index contributed by atoms with van der Waals surface area (Å²) in [6.45, 7) is 0.798. The lowest BCUT2D eigenvalue weighted by Crippen LogP contribution is -2.19. The van der Waals surface area contributed by atoms with Crippen molar-refractivity contribution in [3.63, 3.8) is 0 Å². The normalized spacial score (nSPS) is 17.6. The van der Waals surface area contributed by atoms with Gasteiger partial charge in [-0.3, -0.25) is 0 Å². The van der Waals surface area contributed by atoms with Crippen molar-refractivity contribution < 1.29 is 9.53 Å². The summed E-state index contributed by atoms with van der Waals surface area (Å²) in [5, 5.41) is 4.15. The van der Waals surface area contributed by atoms with Gasteiger partial charge in [0.1, 0.15) is 5.82 Å². The minimum absolute atomic E-state index is 0.310. The summed E-state index contributed by atoms with van der Waals surface area (Å²) in [7, 11) is 1.39. The fourth-order valence-electron chi connectivity index (χ4n) is 2.65. The van der Waals surface area contributed by atoms with Gasteiger partial charge in [0.2, 0.25) is 5.95 Å². The number of carbonyl (C=O) groups excluding carboxylic acids is 1. The van der Waals surface area contributed by atoms with Crippen LogP contribution in [0.3, 0.4) is 0 Å². The van der Waals surface area contributed by atoms with E-state index in [1.807, 2.05) is 22.9 Å². The first-order valence-electron chi connectivity index (χ1n) is 6.55.